The van der Waals surface area contributed by atoms with Crippen LogP contribution in [0.1, 0.15) is 50.7 Å². The van der Waals surface area contributed by atoms with E-state index in [2.05, 4.69) is 50.2 Å². The minimum absolute atomic E-state index is 0.625. The molecular weight excluding hydrogens is 375 g/mol. The first-order valence-corrected chi connectivity index (χ1v) is 11.9. The summed E-state index contributed by atoms with van der Waals surface area (Å²) in [5.74, 6) is 0. The molecule has 0 saturated heterocycles. The molecule has 0 saturated carbocycles. The van der Waals surface area contributed by atoms with Crippen LogP contribution in [-0.4, -0.2) is 9.79 Å². The molecule has 0 heterocycles. The van der Waals surface area contributed by atoms with Gasteiger partial charge in [-0.2, -0.15) is 0 Å². The second-order valence-electron chi connectivity index (χ2n) is 7.55. The summed E-state index contributed by atoms with van der Waals surface area (Å²) < 4.78 is 0. The highest BCUT2D eigenvalue weighted by Gasteiger charge is 2.19. The highest BCUT2D eigenvalue weighted by molar-refractivity contribution is 7.54. The van der Waals surface area contributed by atoms with Gasteiger partial charge in [0.2, 0.25) is 0 Å². The third-order valence-electron chi connectivity index (χ3n) is 5.40. The van der Waals surface area contributed by atoms with Gasteiger partial charge in [-0.1, -0.05) is 87.4 Å². The largest absolute Gasteiger partial charge is 0.347 e. The fourth-order valence-electron chi connectivity index (χ4n) is 3.85. The maximum atomic E-state index is 10.2. The first kappa shape index (κ1) is 21.7. The second-order valence-corrected chi connectivity index (χ2v) is 8.61. The summed E-state index contributed by atoms with van der Waals surface area (Å²) in [5, 5.41) is 0.625. The van der Waals surface area contributed by atoms with E-state index >= 15 is 0 Å². The van der Waals surface area contributed by atoms with Crippen LogP contribution in [0.4, 0.5) is 0 Å². The van der Waals surface area contributed by atoms with E-state index < -0.39 is 8.38 Å². The maximum absolute atomic E-state index is 10.2. The van der Waals surface area contributed by atoms with Gasteiger partial charge in [-0.05, 0) is 59.6 Å². The lowest BCUT2D eigenvalue weighted by Crippen LogP contribution is -2.08. The Morgan fingerprint density at radius 1 is 0.724 bits per heavy atom. The molecule has 29 heavy (non-hydrogen) atoms. The van der Waals surface area contributed by atoms with E-state index in [0.29, 0.717) is 5.30 Å². The summed E-state index contributed by atoms with van der Waals surface area (Å²) in [7, 11) is -2.19. The summed E-state index contributed by atoms with van der Waals surface area (Å²) in [6.45, 7) is 4.43. The van der Waals surface area contributed by atoms with Crippen molar-refractivity contribution < 1.29 is 9.79 Å². The van der Waals surface area contributed by atoms with Gasteiger partial charge in [0, 0.05) is 10.9 Å². The number of hydrogen-bond donors (Lipinski definition) is 2. The Balaban J connectivity index is 2.20. The zero-order chi connectivity index (χ0) is 20.6. The standard InChI is InChI=1S/C26H31O2P/c1-3-5-11-20-17-18-24(22(19-20)12-6-4-2)26-23(21-13-8-7-9-14-21)15-10-16-25(26)29(27)28/h7-10,13-19,27-28H,3-6,11-12H2,1-2H3. The van der Waals surface area contributed by atoms with Crippen LogP contribution in [0.15, 0.2) is 66.7 Å². The van der Waals surface area contributed by atoms with Gasteiger partial charge < -0.3 is 9.79 Å². The van der Waals surface area contributed by atoms with Crippen LogP contribution in [0.2, 0.25) is 0 Å². The van der Waals surface area contributed by atoms with Crippen molar-refractivity contribution in [3.63, 3.8) is 0 Å². The number of benzene rings is 3. The first-order valence-electron chi connectivity index (χ1n) is 10.6. The second kappa shape index (κ2) is 10.7. The number of unbranched alkanes of at least 4 members (excludes halogenated alkanes) is 2. The van der Waals surface area contributed by atoms with E-state index in [1.807, 2.05) is 30.3 Å². The minimum atomic E-state index is -2.19. The van der Waals surface area contributed by atoms with Crippen LogP contribution in [-0.2, 0) is 12.8 Å². The lowest BCUT2D eigenvalue weighted by atomic mass is 9.88. The van der Waals surface area contributed by atoms with Crippen LogP contribution < -0.4 is 5.30 Å². The summed E-state index contributed by atoms with van der Waals surface area (Å²) in [6, 6.07) is 22.8. The monoisotopic (exact) mass is 406 g/mol. The molecule has 3 rings (SSSR count). The Morgan fingerprint density at radius 3 is 2.14 bits per heavy atom. The summed E-state index contributed by atoms with van der Waals surface area (Å²) in [6.07, 6.45) is 6.74. The van der Waals surface area contributed by atoms with Crippen molar-refractivity contribution in [3.05, 3.63) is 77.9 Å². The predicted molar refractivity (Wildman–Crippen MR) is 126 cm³/mol. The number of rotatable bonds is 9. The Bertz CT molecular complexity index is 919. The van der Waals surface area contributed by atoms with Crippen molar-refractivity contribution in [1.29, 1.82) is 0 Å². The van der Waals surface area contributed by atoms with Gasteiger partial charge in [0.25, 0.3) is 0 Å². The number of aryl methyl sites for hydroxylation is 2. The Morgan fingerprint density at radius 2 is 1.45 bits per heavy atom. The third-order valence-corrected chi connectivity index (χ3v) is 6.20. The van der Waals surface area contributed by atoms with Crippen LogP contribution in [0.3, 0.4) is 0 Å². The van der Waals surface area contributed by atoms with Crippen molar-refractivity contribution in [2.75, 3.05) is 0 Å². The van der Waals surface area contributed by atoms with Crippen molar-refractivity contribution >= 4 is 13.7 Å². The van der Waals surface area contributed by atoms with E-state index in [1.54, 1.807) is 0 Å². The molecule has 2 nitrogen and oxygen atoms in total. The molecule has 3 heteroatoms. The smallest absolute Gasteiger partial charge is 0.200 e. The fourth-order valence-corrected chi connectivity index (χ4v) is 4.51. The molecule has 0 aliphatic heterocycles. The van der Waals surface area contributed by atoms with E-state index in [1.165, 1.54) is 24.0 Å². The maximum Gasteiger partial charge on any atom is 0.200 e. The molecule has 2 N–H and O–H groups in total. The lowest BCUT2D eigenvalue weighted by Gasteiger charge is -2.20. The minimum Gasteiger partial charge on any atom is -0.347 e. The molecule has 0 spiro atoms. The topological polar surface area (TPSA) is 40.5 Å². The van der Waals surface area contributed by atoms with Crippen molar-refractivity contribution in [3.8, 4) is 22.3 Å². The molecule has 0 fully saturated rings. The molecule has 0 aliphatic rings. The molecule has 3 aromatic rings. The van der Waals surface area contributed by atoms with Gasteiger partial charge in [-0.25, -0.2) is 0 Å². The van der Waals surface area contributed by atoms with Crippen LogP contribution in [0.5, 0.6) is 0 Å². The van der Waals surface area contributed by atoms with Gasteiger partial charge in [-0.3, -0.25) is 0 Å². The fraction of sp³-hybridized carbons (Fsp3) is 0.308. The van der Waals surface area contributed by atoms with Crippen molar-refractivity contribution in [1.82, 2.24) is 0 Å². The molecule has 0 radical (unpaired) electrons. The van der Waals surface area contributed by atoms with Gasteiger partial charge in [0.15, 0.2) is 8.38 Å². The Hall–Kier alpha value is -1.99. The molecule has 0 unspecified atom stereocenters. The highest BCUT2D eigenvalue weighted by Crippen LogP contribution is 2.39. The Labute approximate surface area is 176 Å². The van der Waals surface area contributed by atoms with Crippen LogP contribution in [0.25, 0.3) is 22.3 Å². The summed E-state index contributed by atoms with van der Waals surface area (Å²) in [5.41, 5.74) is 6.92. The molecule has 152 valence electrons. The van der Waals surface area contributed by atoms with Crippen molar-refractivity contribution in [2.45, 2.75) is 52.4 Å². The molecular formula is C26H31O2P. The average molecular weight is 407 g/mol. The van der Waals surface area contributed by atoms with E-state index in [9.17, 15) is 9.79 Å². The third kappa shape index (κ3) is 5.34. The molecule has 0 atom stereocenters. The first-order chi connectivity index (χ1) is 14.2. The van der Waals surface area contributed by atoms with E-state index in [-0.39, 0.29) is 0 Å². The zero-order valence-corrected chi connectivity index (χ0v) is 18.3. The normalized spacial score (nSPS) is 11.2. The predicted octanol–water partition coefficient (Wildman–Crippen LogP) is 6.63. The molecule has 0 aliphatic carbocycles. The van der Waals surface area contributed by atoms with Gasteiger partial charge in [0.05, 0.1) is 0 Å². The Kier molecular flexibility index (Phi) is 8.00. The number of hydrogen-bond acceptors (Lipinski definition) is 2. The van der Waals surface area contributed by atoms with E-state index in [0.717, 1.165) is 47.9 Å². The summed E-state index contributed by atoms with van der Waals surface area (Å²) in [4.78, 5) is 20.4. The summed E-state index contributed by atoms with van der Waals surface area (Å²) >= 11 is 0. The van der Waals surface area contributed by atoms with Crippen molar-refractivity contribution in [2.24, 2.45) is 0 Å². The zero-order valence-electron chi connectivity index (χ0n) is 17.4. The van der Waals surface area contributed by atoms with Crippen LogP contribution >= 0.6 is 8.38 Å². The van der Waals surface area contributed by atoms with E-state index in [4.69, 9.17) is 0 Å². The van der Waals surface area contributed by atoms with Gasteiger partial charge in [-0.15, -0.1) is 0 Å². The van der Waals surface area contributed by atoms with Gasteiger partial charge >= 0.3 is 0 Å². The molecule has 0 amide bonds. The molecule has 3 aromatic carbocycles. The lowest BCUT2D eigenvalue weighted by molar-refractivity contribution is 0.497. The highest BCUT2D eigenvalue weighted by atomic mass is 31.2. The van der Waals surface area contributed by atoms with Gasteiger partial charge in [0.1, 0.15) is 0 Å². The molecule has 0 aromatic heterocycles. The average Bonchev–Trinajstić information content (AvgIpc) is 2.76. The quantitative estimate of drug-likeness (QED) is 0.392. The van der Waals surface area contributed by atoms with Crippen LogP contribution in [0, 0.1) is 0 Å². The molecule has 0 bridgehead atoms. The SMILES string of the molecule is CCCCc1ccc(-c2c(-c3ccccc3)cccc2P(O)O)c(CCCC)c1.